The number of carbonyl (C=O) groups is 1. The maximum absolute atomic E-state index is 10.6. The number of hydrogen-bond donors (Lipinski definition) is 1. The van der Waals surface area contributed by atoms with Crippen molar-refractivity contribution in [3.63, 3.8) is 0 Å². The molecule has 2 aromatic heterocycles. The number of anilines is 1. The van der Waals surface area contributed by atoms with Gasteiger partial charge in [0.25, 0.3) is 0 Å². The summed E-state index contributed by atoms with van der Waals surface area (Å²) in [4.78, 5) is 16.9. The maximum Gasteiger partial charge on any atom is 0.303 e. The highest BCUT2D eigenvalue weighted by molar-refractivity contribution is 5.72. The van der Waals surface area contributed by atoms with Gasteiger partial charge in [0.05, 0.1) is 23.8 Å². The Morgan fingerprint density at radius 1 is 1.53 bits per heavy atom. The minimum absolute atomic E-state index is 0.102. The number of imidazole rings is 1. The second-order valence-corrected chi connectivity index (χ2v) is 4.11. The molecule has 0 atom stereocenters. The van der Waals surface area contributed by atoms with Crippen molar-refractivity contribution in [1.82, 2.24) is 9.38 Å². The third-order valence-electron chi connectivity index (χ3n) is 2.67. The van der Waals surface area contributed by atoms with Gasteiger partial charge in [0.1, 0.15) is 5.82 Å². The monoisotopic (exact) mass is 233 g/mol. The van der Waals surface area contributed by atoms with Gasteiger partial charge in [0.2, 0.25) is 0 Å². The van der Waals surface area contributed by atoms with E-state index in [-0.39, 0.29) is 6.42 Å². The number of hydrogen-bond acceptors (Lipinski definition) is 3. The van der Waals surface area contributed by atoms with Crippen LogP contribution in [-0.4, -0.2) is 34.6 Å². The predicted octanol–water partition coefficient (Wildman–Crippen LogP) is 1.42. The third-order valence-corrected chi connectivity index (χ3v) is 2.67. The molecule has 2 heterocycles. The minimum atomic E-state index is -0.800. The molecule has 0 aliphatic heterocycles. The second kappa shape index (κ2) is 4.45. The van der Waals surface area contributed by atoms with Gasteiger partial charge in [0, 0.05) is 26.7 Å². The molecule has 0 spiro atoms. The van der Waals surface area contributed by atoms with Crippen LogP contribution in [0.1, 0.15) is 12.2 Å². The van der Waals surface area contributed by atoms with Gasteiger partial charge < -0.3 is 14.4 Å². The van der Waals surface area contributed by atoms with Crippen LogP contribution in [0.3, 0.4) is 0 Å². The highest BCUT2D eigenvalue weighted by Crippen LogP contribution is 2.20. The highest BCUT2D eigenvalue weighted by atomic mass is 16.4. The summed E-state index contributed by atoms with van der Waals surface area (Å²) in [5, 5.41) is 8.68. The maximum atomic E-state index is 10.6. The average molecular weight is 233 g/mol. The van der Waals surface area contributed by atoms with Crippen molar-refractivity contribution >= 4 is 17.2 Å². The highest BCUT2D eigenvalue weighted by Gasteiger charge is 2.09. The van der Waals surface area contributed by atoms with E-state index in [4.69, 9.17) is 5.11 Å². The van der Waals surface area contributed by atoms with Gasteiger partial charge in [0.15, 0.2) is 0 Å². The molecular weight excluding hydrogens is 218 g/mol. The zero-order valence-corrected chi connectivity index (χ0v) is 9.92. The number of carboxylic acid groups (broad SMARTS) is 1. The molecule has 0 aliphatic carbocycles. The molecule has 0 saturated heterocycles. The van der Waals surface area contributed by atoms with Gasteiger partial charge in [-0.05, 0) is 12.1 Å². The number of aryl methyl sites for hydroxylation is 1. The Balaban J connectivity index is 2.40. The van der Waals surface area contributed by atoms with Crippen LogP contribution in [-0.2, 0) is 11.2 Å². The summed E-state index contributed by atoms with van der Waals surface area (Å²) in [6.07, 6.45) is 4.24. The summed E-state index contributed by atoms with van der Waals surface area (Å²) < 4.78 is 1.94. The van der Waals surface area contributed by atoms with Gasteiger partial charge >= 0.3 is 5.97 Å². The molecule has 5 heteroatoms. The standard InChI is InChI=1S/C12H15N3O2/c1-14(2)9-4-3-7-15-10(9)8-13-11(15)5-6-12(16)17/h3-4,7-8H,5-6H2,1-2H3,(H,16,17). The summed E-state index contributed by atoms with van der Waals surface area (Å²) in [6, 6.07) is 3.95. The fourth-order valence-corrected chi connectivity index (χ4v) is 1.84. The molecule has 17 heavy (non-hydrogen) atoms. The van der Waals surface area contributed by atoms with Crippen molar-refractivity contribution in [2.24, 2.45) is 0 Å². The second-order valence-electron chi connectivity index (χ2n) is 4.11. The summed E-state index contributed by atoms with van der Waals surface area (Å²) in [6.45, 7) is 0. The molecule has 1 N–H and O–H groups in total. The van der Waals surface area contributed by atoms with Crippen LogP contribution < -0.4 is 4.90 Å². The van der Waals surface area contributed by atoms with Gasteiger partial charge in [-0.3, -0.25) is 4.79 Å². The topological polar surface area (TPSA) is 57.8 Å². The van der Waals surface area contributed by atoms with Crippen LogP contribution in [0.25, 0.3) is 5.52 Å². The zero-order valence-electron chi connectivity index (χ0n) is 9.92. The van der Waals surface area contributed by atoms with Crippen molar-refractivity contribution < 1.29 is 9.90 Å². The molecule has 2 rings (SSSR count). The van der Waals surface area contributed by atoms with Gasteiger partial charge in [-0.15, -0.1) is 0 Å². The smallest absolute Gasteiger partial charge is 0.303 e. The number of carboxylic acids is 1. The van der Waals surface area contributed by atoms with E-state index in [2.05, 4.69) is 4.98 Å². The molecule has 5 nitrogen and oxygen atoms in total. The van der Waals surface area contributed by atoms with Gasteiger partial charge in [-0.25, -0.2) is 4.98 Å². The molecule has 0 saturated carbocycles. The van der Waals surface area contributed by atoms with Crippen molar-refractivity contribution in [3.8, 4) is 0 Å². The average Bonchev–Trinajstić information content (AvgIpc) is 2.68. The summed E-state index contributed by atoms with van der Waals surface area (Å²) >= 11 is 0. The fraction of sp³-hybridized carbons (Fsp3) is 0.333. The van der Waals surface area contributed by atoms with E-state index in [0.717, 1.165) is 17.0 Å². The van der Waals surface area contributed by atoms with E-state index in [1.807, 2.05) is 41.7 Å². The Bertz CT molecular complexity index is 546. The van der Waals surface area contributed by atoms with E-state index in [1.165, 1.54) is 0 Å². The van der Waals surface area contributed by atoms with Crippen molar-refractivity contribution in [1.29, 1.82) is 0 Å². The molecule has 0 bridgehead atoms. The van der Waals surface area contributed by atoms with Crippen molar-refractivity contribution in [3.05, 3.63) is 30.4 Å². The van der Waals surface area contributed by atoms with Crippen molar-refractivity contribution in [2.45, 2.75) is 12.8 Å². The van der Waals surface area contributed by atoms with E-state index < -0.39 is 5.97 Å². The molecular formula is C12H15N3O2. The number of rotatable bonds is 4. The van der Waals surface area contributed by atoms with E-state index in [9.17, 15) is 4.79 Å². The normalized spacial score (nSPS) is 10.7. The first kappa shape index (κ1) is 11.4. The van der Waals surface area contributed by atoms with Gasteiger partial charge in [-0.1, -0.05) is 0 Å². The molecule has 2 aromatic rings. The molecule has 90 valence electrons. The SMILES string of the molecule is CN(C)c1cccn2c(CCC(=O)O)ncc12. The fourth-order valence-electron chi connectivity index (χ4n) is 1.84. The lowest BCUT2D eigenvalue weighted by Crippen LogP contribution is -2.10. The van der Waals surface area contributed by atoms with Crippen LogP contribution in [0.5, 0.6) is 0 Å². The summed E-state index contributed by atoms with van der Waals surface area (Å²) in [7, 11) is 3.94. The molecule has 0 fully saturated rings. The quantitative estimate of drug-likeness (QED) is 0.867. The number of nitrogens with zero attached hydrogens (tertiary/aromatic N) is 3. The Hall–Kier alpha value is -2.04. The van der Waals surface area contributed by atoms with Crippen molar-refractivity contribution in [2.75, 3.05) is 19.0 Å². The largest absolute Gasteiger partial charge is 0.481 e. The number of pyridine rings is 1. The van der Waals surface area contributed by atoms with Crippen LogP contribution in [0.4, 0.5) is 5.69 Å². The number of fused-ring (bicyclic) bond motifs is 1. The molecule has 0 radical (unpaired) electrons. The zero-order chi connectivity index (χ0) is 12.4. The Morgan fingerprint density at radius 3 is 2.94 bits per heavy atom. The Morgan fingerprint density at radius 2 is 2.29 bits per heavy atom. The lowest BCUT2D eigenvalue weighted by Gasteiger charge is -2.13. The minimum Gasteiger partial charge on any atom is -0.481 e. The molecule has 0 aromatic carbocycles. The van der Waals surface area contributed by atoms with Crippen LogP contribution in [0.15, 0.2) is 24.5 Å². The molecule has 0 aliphatic rings. The number of aliphatic carboxylic acids is 1. The van der Waals surface area contributed by atoms with Crippen LogP contribution in [0.2, 0.25) is 0 Å². The number of aromatic nitrogens is 2. The molecule has 0 unspecified atom stereocenters. The van der Waals surface area contributed by atoms with Crippen LogP contribution >= 0.6 is 0 Å². The first-order chi connectivity index (χ1) is 8.09. The first-order valence-corrected chi connectivity index (χ1v) is 5.43. The van der Waals surface area contributed by atoms with E-state index >= 15 is 0 Å². The Labute approximate surface area is 99.3 Å². The Kier molecular flexibility index (Phi) is 2.99. The van der Waals surface area contributed by atoms with E-state index in [1.54, 1.807) is 6.20 Å². The van der Waals surface area contributed by atoms with Gasteiger partial charge in [-0.2, -0.15) is 0 Å². The summed E-state index contributed by atoms with van der Waals surface area (Å²) in [5.74, 6) is -0.0170. The lowest BCUT2D eigenvalue weighted by atomic mass is 10.3. The summed E-state index contributed by atoms with van der Waals surface area (Å²) in [5.41, 5.74) is 2.07. The first-order valence-electron chi connectivity index (χ1n) is 5.43. The predicted molar refractivity (Wildman–Crippen MR) is 65.5 cm³/mol. The van der Waals surface area contributed by atoms with Crippen LogP contribution in [0, 0.1) is 0 Å². The van der Waals surface area contributed by atoms with E-state index in [0.29, 0.717) is 6.42 Å². The lowest BCUT2D eigenvalue weighted by molar-refractivity contribution is -0.137. The third kappa shape index (κ3) is 2.22. The molecule has 0 amide bonds.